The van der Waals surface area contributed by atoms with Gasteiger partial charge >= 0.3 is 0 Å². The average molecular weight is 533 g/mol. The van der Waals surface area contributed by atoms with Crippen molar-refractivity contribution in [3.8, 4) is 0 Å². The second kappa shape index (κ2) is 12.8. The Bertz CT molecular complexity index is 1230. The van der Waals surface area contributed by atoms with Gasteiger partial charge in [0, 0.05) is 44.0 Å². The van der Waals surface area contributed by atoms with Crippen LogP contribution in [-0.2, 0) is 11.3 Å². The number of anilines is 1. The monoisotopic (exact) mass is 532 g/mol. The molecule has 3 aromatic rings. The molecule has 0 unspecified atom stereocenters. The van der Waals surface area contributed by atoms with Crippen molar-refractivity contribution in [2.45, 2.75) is 38.5 Å². The summed E-state index contributed by atoms with van der Waals surface area (Å²) in [4.78, 5) is 30.2. The molecule has 1 N–H and O–H groups in total. The highest BCUT2D eigenvalue weighted by Crippen LogP contribution is 2.26. The second-order valence-corrected chi connectivity index (χ2v) is 10.7. The van der Waals surface area contributed by atoms with Crippen molar-refractivity contribution in [3.63, 3.8) is 0 Å². The molecule has 0 spiro atoms. The molecular formula is C29H36N6O2S. The highest BCUT2D eigenvalue weighted by atomic mass is 32.2. The Hall–Kier alpha value is -3.59. The van der Waals surface area contributed by atoms with E-state index in [4.69, 9.17) is 0 Å². The first kappa shape index (κ1) is 27.4. The van der Waals surface area contributed by atoms with Crippen LogP contribution in [-0.4, -0.2) is 63.4 Å². The summed E-state index contributed by atoms with van der Waals surface area (Å²) in [6.07, 6.45) is 1.78. The molecule has 9 heteroatoms. The van der Waals surface area contributed by atoms with Crippen molar-refractivity contribution in [1.82, 2.24) is 25.0 Å². The smallest absolute Gasteiger partial charge is 0.251 e. The van der Waals surface area contributed by atoms with Gasteiger partial charge in [-0.1, -0.05) is 67.6 Å². The minimum atomic E-state index is -0.340. The van der Waals surface area contributed by atoms with Crippen molar-refractivity contribution in [1.29, 1.82) is 0 Å². The summed E-state index contributed by atoms with van der Waals surface area (Å²) in [5.74, 6) is 0.952. The molecule has 2 amide bonds. The third-order valence-corrected chi connectivity index (χ3v) is 7.63. The van der Waals surface area contributed by atoms with E-state index in [1.807, 2.05) is 72.7 Å². The molecule has 1 atom stereocenters. The van der Waals surface area contributed by atoms with E-state index in [-0.39, 0.29) is 29.5 Å². The SMILES string of the molecule is C=CCn1c(SCC(=O)N2CCN(c3ccccc3)CC2)nnc1[C@@H](NC(=O)c1ccc(C)cc1)C(C)C. The first-order chi connectivity index (χ1) is 18.4. The summed E-state index contributed by atoms with van der Waals surface area (Å²) in [6, 6.07) is 17.4. The fourth-order valence-corrected chi connectivity index (χ4v) is 5.32. The summed E-state index contributed by atoms with van der Waals surface area (Å²) >= 11 is 1.38. The number of nitrogens with zero attached hydrogens (tertiary/aromatic N) is 5. The van der Waals surface area contributed by atoms with Gasteiger partial charge in [-0.05, 0) is 37.1 Å². The third-order valence-electron chi connectivity index (χ3n) is 6.68. The van der Waals surface area contributed by atoms with Crippen molar-refractivity contribution in [2.24, 2.45) is 5.92 Å². The maximum atomic E-state index is 13.0. The van der Waals surface area contributed by atoms with Gasteiger partial charge in [0.1, 0.15) is 0 Å². The molecule has 200 valence electrons. The van der Waals surface area contributed by atoms with Gasteiger partial charge in [-0.15, -0.1) is 16.8 Å². The van der Waals surface area contributed by atoms with Crippen molar-refractivity contribution >= 4 is 29.3 Å². The molecule has 1 aliphatic rings. The second-order valence-electron chi connectivity index (χ2n) is 9.79. The predicted octanol–water partition coefficient (Wildman–Crippen LogP) is 4.34. The highest BCUT2D eigenvalue weighted by Gasteiger charge is 2.27. The number of hydrogen-bond acceptors (Lipinski definition) is 6. The molecule has 1 fully saturated rings. The summed E-state index contributed by atoms with van der Waals surface area (Å²) < 4.78 is 1.94. The Balaban J connectivity index is 1.40. The molecule has 8 nitrogen and oxygen atoms in total. The fraction of sp³-hybridized carbons (Fsp3) is 0.379. The standard InChI is InChI=1S/C29H36N6O2S/c1-5-15-35-27(26(21(2)3)30-28(37)23-13-11-22(4)12-14-23)31-32-29(35)38-20-25(36)34-18-16-33(17-19-34)24-9-7-6-8-10-24/h5-14,21,26H,1,15-20H2,2-4H3,(H,30,37)/t26-/m0/s1. The maximum Gasteiger partial charge on any atom is 0.251 e. The lowest BCUT2D eigenvalue weighted by Crippen LogP contribution is -2.49. The molecule has 1 saturated heterocycles. The third kappa shape index (κ3) is 6.64. The van der Waals surface area contributed by atoms with Crippen molar-refractivity contribution in [2.75, 3.05) is 36.8 Å². The molecule has 1 aromatic heterocycles. The lowest BCUT2D eigenvalue weighted by molar-refractivity contribution is -0.128. The van der Waals surface area contributed by atoms with Crippen LogP contribution < -0.4 is 10.2 Å². The summed E-state index contributed by atoms with van der Waals surface area (Å²) in [7, 11) is 0. The highest BCUT2D eigenvalue weighted by molar-refractivity contribution is 7.99. The topological polar surface area (TPSA) is 83.4 Å². The molecule has 38 heavy (non-hydrogen) atoms. The number of para-hydroxylation sites is 1. The number of thioether (sulfide) groups is 1. The van der Waals surface area contributed by atoms with Gasteiger partial charge in [0.15, 0.2) is 11.0 Å². The van der Waals surface area contributed by atoms with Crippen LogP contribution in [0, 0.1) is 12.8 Å². The van der Waals surface area contributed by atoms with E-state index in [1.165, 1.54) is 17.4 Å². The normalized spacial score (nSPS) is 14.4. The molecule has 4 rings (SSSR count). The number of allylic oxidation sites excluding steroid dienone is 1. The number of aromatic nitrogens is 3. The number of hydrogen-bond donors (Lipinski definition) is 1. The average Bonchev–Trinajstić information content (AvgIpc) is 3.33. The van der Waals surface area contributed by atoms with E-state index in [9.17, 15) is 9.59 Å². The van der Waals surface area contributed by atoms with Gasteiger partial charge < -0.3 is 19.7 Å². The quantitative estimate of drug-likeness (QED) is 0.309. The molecule has 0 radical (unpaired) electrons. The Morgan fingerprint density at radius 2 is 1.71 bits per heavy atom. The minimum Gasteiger partial charge on any atom is -0.368 e. The number of carbonyl (C=O) groups excluding carboxylic acids is 2. The summed E-state index contributed by atoms with van der Waals surface area (Å²) in [5, 5.41) is 12.6. The van der Waals surface area contributed by atoms with Crippen LogP contribution in [0.1, 0.15) is 41.6 Å². The first-order valence-corrected chi connectivity index (χ1v) is 14.0. The number of benzene rings is 2. The molecule has 1 aliphatic heterocycles. The van der Waals surface area contributed by atoms with Gasteiger partial charge in [-0.3, -0.25) is 9.59 Å². The molecule has 0 saturated carbocycles. The van der Waals surface area contributed by atoms with E-state index in [0.717, 1.165) is 18.7 Å². The zero-order valence-corrected chi connectivity index (χ0v) is 23.2. The van der Waals surface area contributed by atoms with Crippen LogP contribution in [0.3, 0.4) is 0 Å². The number of carbonyl (C=O) groups is 2. The molecule has 0 bridgehead atoms. The Labute approximate surface area is 229 Å². The van der Waals surface area contributed by atoms with Crippen LogP contribution >= 0.6 is 11.8 Å². The lowest BCUT2D eigenvalue weighted by Gasteiger charge is -2.36. The first-order valence-electron chi connectivity index (χ1n) is 13.0. The van der Waals surface area contributed by atoms with Gasteiger partial charge in [0.2, 0.25) is 5.91 Å². The van der Waals surface area contributed by atoms with Crippen LogP contribution in [0.2, 0.25) is 0 Å². The van der Waals surface area contributed by atoms with Gasteiger partial charge in [-0.2, -0.15) is 0 Å². The number of rotatable bonds is 10. The van der Waals surface area contributed by atoms with Crippen LogP contribution in [0.5, 0.6) is 0 Å². The predicted molar refractivity (Wildman–Crippen MR) is 152 cm³/mol. The van der Waals surface area contributed by atoms with Crippen molar-refractivity contribution < 1.29 is 9.59 Å². The largest absolute Gasteiger partial charge is 0.368 e. The van der Waals surface area contributed by atoms with Crippen LogP contribution in [0.4, 0.5) is 5.69 Å². The molecule has 0 aliphatic carbocycles. The van der Waals surface area contributed by atoms with E-state index in [0.29, 0.717) is 36.2 Å². The molecule has 2 aromatic carbocycles. The number of amides is 2. The molecular weight excluding hydrogens is 496 g/mol. The van der Waals surface area contributed by atoms with E-state index in [1.54, 1.807) is 6.08 Å². The Morgan fingerprint density at radius 1 is 1.03 bits per heavy atom. The van der Waals surface area contributed by atoms with Crippen molar-refractivity contribution in [3.05, 3.63) is 84.2 Å². The fourth-order valence-electron chi connectivity index (χ4n) is 4.47. The van der Waals surface area contributed by atoms with Crippen LogP contribution in [0.15, 0.2) is 72.4 Å². The Morgan fingerprint density at radius 3 is 2.34 bits per heavy atom. The van der Waals surface area contributed by atoms with E-state index >= 15 is 0 Å². The lowest BCUT2D eigenvalue weighted by atomic mass is 10.0. The summed E-state index contributed by atoms with van der Waals surface area (Å²) in [5.41, 5.74) is 2.89. The van der Waals surface area contributed by atoms with E-state index < -0.39 is 0 Å². The zero-order valence-electron chi connectivity index (χ0n) is 22.3. The minimum absolute atomic E-state index is 0.0811. The number of aryl methyl sites for hydroxylation is 1. The van der Waals surface area contributed by atoms with E-state index in [2.05, 4.69) is 39.1 Å². The van der Waals surface area contributed by atoms with Crippen LogP contribution in [0.25, 0.3) is 0 Å². The zero-order chi connectivity index (χ0) is 27.1. The Kier molecular flexibility index (Phi) is 9.23. The van der Waals surface area contributed by atoms with Gasteiger partial charge in [0.05, 0.1) is 11.8 Å². The maximum absolute atomic E-state index is 13.0. The molecule has 2 heterocycles. The number of nitrogens with one attached hydrogen (secondary N) is 1. The summed E-state index contributed by atoms with van der Waals surface area (Å²) in [6.45, 7) is 13.5. The van der Waals surface area contributed by atoms with Gasteiger partial charge in [0.25, 0.3) is 5.91 Å². The number of piperazine rings is 1. The van der Waals surface area contributed by atoms with Gasteiger partial charge in [-0.25, -0.2) is 0 Å².